The van der Waals surface area contributed by atoms with Gasteiger partial charge in [-0.25, -0.2) is 4.98 Å². The molecule has 7 heteroatoms. The summed E-state index contributed by atoms with van der Waals surface area (Å²) in [6.07, 6.45) is 6.24. The molecule has 3 rings (SSSR count). The van der Waals surface area contributed by atoms with E-state index in [9.17, 15) is 0 Å². The molecule has 1 fully saturated rings. The predicted molar refractivity (Wildman–Crippen MR) is 93.8 cm³/mol. The number of aliphatic imine (C=N–C) groups is 1. The molecule has 2 aromatic heterocycles. The average Bonchev–Trinajstić information content (AvgIpc) is 3.28. The number of hydrogen-bond donors (Lipinski definition) is 1. The van der Waals surface area contributed by atoms with Crippen molar-refractivity contribution in [1.82, 2.24) is 25.0 Å². The largest absolute Gasteiger partial charge is 0.351 e. The standard InChI is InChI=1S/C16H24N6S/c1-4-15-20-14(11-23-15)8-18-16(17-2)22-6-5-12(10-22)13-7-19-21(3)9-13/h7,9,11-12H,4-6,8,10H2,1-3H3,(H,17,18). The van der Waals surface area contributed by atoms with E-state index in [0.29, 0.717) is 5.92 Å². The Kier molecular flexibility index (Phi) is 4.95. The summed E-state index contributed by atoms with van der Waals surface area (Å²) in [5, 5.41) is 11.0. The fourth-order valence-corrected chi connectivity index (χ4v) is 3.71. The van der Waals surface area contributed by atoms with Crippen LogP contribution in [0.4, 0.5) is 0 Å². The van der Waals surface area contributed by atoms with Crippen LogP contribution < -0.4 is 5.32 Å². The normalized spacial score (nSPS) is 18.7. The van der Waals surface area contributed by atoms with Crippen LogP contribution >= 0.6 is 11.3 Å². The van der Waals surface area contributed by atoms with E-state index in [0.717, 1.165) is 44.1 Å². The molecule has 23 heavy (non-hydrogen) atoms. The quantitative estimate of drug-likeness (QED) is 0.687. The van der Waals surface area contributed by atoms with Gasteiger partial charge in [0.1, 0.15) is 0 Å². The van der Waals surface area contributed by atoms with E-state index >= 15 is 0 Å². The Morgan fingerprint density at radius 3 is 3.04 bits per heavy atom. The molecule has 3 heterocycles. The SMILES string of the molecule is CCc1nc(CNC(=NC)N2CCC(c3cnn(C)c3)C2)cs1. The molecule has 0 aromatic carbocycles. The van der Waals surface area contributed by atoms with E-state index in [1.165, 1.54) is 10.6 Å². The average molecular weight is 332 g/mol. The minimum Gasteiger partial charge on any atom is -0.351 e. The van der Waals surface area contributed by atoms with Crippen LogP contribution in [0.5, 0.6) is 0 Å². The van der Waals surface area contributed by atoms with Crippen molar-refractivity contribution in [3.05, 3.63) is 34.0 Å². The number of likely N-dealkylation sites (tertiary alicyclic amines) is 1. The first-order chi connectivity index (χ1) is 11.2. The van der Waals surface area contributed by atoms with E-state index < -0.39 is 0 Å². The highest BCUT2D eigenvalue weighted by molar-refractivity contribution is 7.09. The van der Waals surface area contributed by atoms with Crippen molar-refractivity contribution < 1.29 is 0 Å². The van der Waals surface area contributed by atoms with Gasteiger partial charge >= 0.3 is 0 Å². The summed E-state index contributed by atoms with van der Waals surface area (Å²) in [6.45, 7) is 4.88. The number of hydrogen-bond acceptors (Lipinski definition) is 4. The third-order valence-electron chi connectivity index (χ3n) is 4.23. The molecule has 6 nitrogen and oxygen atoms in total. The smallest absolute Gasteiger partial charge is 0.193 e. The molecule has 124 valence electrons. The lowest BCUT2D eigenvalue weighted by molar-refractivity contribution is 0.485. The molecule has 1 N–H and O–H groups in total. The summed E-state index contributed by atoms with van der Waals surface area (Å²) in [4.78, 5) is 11.4. The number of thiazole rings is 1. The molecule has 0 radical (unpaired) electrons. The van der Waals surface area contributed by atoms with Crippen molar-refractivity contribution in [3.8, 4) is 0 Å². The van der Waals surface area contributed by atoms with Crippen LogP contribution in [0.3, 0.4) is 0 Å². The van der Waals surface area contributed by atoms with Crippen molar-refractivity contribution in [2.24, 2.45) is 12.0 Å². The van der Waals surface area contributed by atoms with Crippen LogP contribution in [0.15, 0.2) is 22.8 Å². The molecule has 1 aliphatic rings. The number of nitrogens with zero attached hydrogens (tertiary/aromatic N) is 5. The second kappa shape index (κ2) is 7.12. The molecule has 0 bridgehead atoms. The zero-order chi connectivity index (χ0) is 16.2. The van der Waals surface area contributed by atoms with Crippen LogP contribution in [0.2, 0.25) is 0 Å². The van der Waals surface area contributed by atoms with Gasteiger partial charge in [0.15, 0.2) is 5.96 Å². The Morgan fingerprint density at radius 2 is 2.39 bits per heavy atom. The monoisotopic (exact) mass is 332 g/mol. The lowest BCUT2D eigenvalue weighted by Crippen LogP contribution is -2.39. The van der Waals surface area contributed by atoms with Gasteiger partial charge in [0.25, 0.3) is 0 Å². The molecule has 2 aromatic rings. The minimum atomic E-state index is 0.535. The van der Waals surface area contributed by atoms with Crippen LogP contribution in [-0.2, 0) is 20.0 Å². The fourth-order valence-electron chi connectivity index (χ4n) is 2.97. The lowest BCUT2D eigenvalue weighted by atomic mass is 10.0. The summed E-state index contributed by atoms with van der Waals surface area (Å²) >= 11 is 1.73. The highest BCUT2D eigenvalue weighted by Crippen LogP contribution is 2.26. The van der Waals surface area contributed by atoms with E-state index in [-0.39, 0.29) is 0 Å². The van der Waals surface area contributed by atoms with E-state index in [1.54, 1.807) is 11.3 Å². The Bertz CT molecular complexity index is 674. The molecule has 1 saturated heterocycles. The topological polar surface area (TPSA) is 58.3 Å². The highest BCUT2D eigenvalue weighted by atomic mass is 32.1. The summed E-state index contributed by atoms with van der Waals surface area (Å²) in [5.74, 6) is 1.50. The number of aryl methyl sites for hydroxylation is 2. The second-order valence-electron chi connectivity index (χ2n) is 5.87. The molecule has 1 aliphatic heterocycles. The summed E-state index contributed by atoms with van der Waals surface area (Å²) in [7, 11) is 3.81. The predicted octanol–water partition coefficient (Wildman–Crippen LogP) is 2.00. The summed E-state index contributed by atoms with van der Waals surface area (Å²) in [6, 6.07) is 0. The maximum Gasteiger partial charge on any atom is 0.193 e. The zero-order valence-electron chi connectivity index (χ0n) is 14.0. The van der Waals surface area contributed by atoms with Crippen LogP contribution in [0.25, 0.3) is 0 Å². The van der Waals surface area contributed by atoms with Gasteiger partial charge in [-0.15, -0.1) is 11.3 Å². The number of rotatable bonds is 4. The molecular formula is C16H24N6S. The van der Waals surface area contributed by atoms with Crippen LogP contribution in [0.1, 0.15) is 35.5 Å². The summed E-state index contributed by atoms with van der Waals surface area (Å²) < 4.78 is 1.87. The first-order valence-electron chi connectivity index (χ1n) is 8.07. The van der Waals surface area contributed by atoms with Gasteiger partial charge in [0, 0.05) is 44.7 Å². The van der Waals surface area contributed by atoms with Crippen molar-refractivity contribution in [2.75, 3.05) is 20.1 Å². The molecule has 0 aliphatic carbocycles. The molecule has 1 atom stereocenters. The third-order valence-corrected chi connectivity index (χ3v) is 5.27. The van der Waals surface area contributed by atoms with Gasteiger partial charge in [-0.2, -0.15) is 5.10 Å². The molecule has 0 saturated carbocycles. The van der Waals surface area contributed by atoms with Gasteiger partial charge in [-0.05, 0) is 18.4 Å². The first kappa shape index (κ1) is 16.0. The van der Waals surface area contributed by atoms with Crippen molar-refractivity contribution in [2.45, 2.75) is 32.2 Å². The Morgan fingerprint density at radius 1 is 1.52 bits per heavy atom. The van der Waals surface area contributed by atoms with Crippen molar-refractivity contribution >= 4 is 17.3 Å². The van der Waals surface area contributed by atoms with Gasteiger partial charge in [-0.3, -0.25) is 9.67 Å². The lowest BCUT2D eigenvalue weighted by Gasteiger charge is -2.21. The molecule has 0 spiro atoms. The molecule has 0 amide bonds. The maximum absolute atomic E-state index is 4.60. The maximum atomic E-state index is 4.60. The van der Waals surface area contributed by atoms with Crippen LogP contribution in [0, 0.1) is 0 Å². The number of aromatic nitrogens is 3. The minimum absolute atomic E-state index is 0.535. The Labute approximate surface area is 141 Å². The van der Waals surface area contributed by atoms with Gasteiger partial charge < -0.3 is 10.2 Å². The Hall–Kier alpha value is -1.89. The van der Waals surface area contributed by atoms with E-state index in [1.807, 2.05) is 25.0 Å². The van der Waals surface area contributed by atoms with Gasteiger partial charge in [0.2, 0.25) is 0 Å². The van der Waals surface area contributed by atoms with Crippen molar-refractivity contribution in [3.63, 3.8) is 0 Å². The van der Waals surface area contributed by atoms with Gasteiger partial charge in [-0.1, -0.05) is 6.92 Å². The number of nitrogens with one attached hydrogen (secondary N) is 1. The summed E-state index contributed by atoms with van der Waals surface area (Å²) in [5.41, 5.74) is 2.41. The van der Waals surface area contributed by atoms with Crippen molar-refractivity contribution in [1.29, 1.82) is 0 Å². The van der Waals surface area contributed by atoms with Gasteiger partial charge in [0.05, 0.1) is 23.4 Å². The third kappa shape index (κ3) is 3.72. The van der Waals surface area contributed by atoms with E-state index in [4.69, 9.17) is 0 Å². The Balaban J connectivity index is 1.57. The fraction of sp³-hybridized carbons (Fsp3) is 0.562. The van der Waals surface area contributed by atoms with E-state index in [2.05, 4.69) is 43.8 Å². The number of guanidine groups is 1. The molecular weight excluding hydrogens is 308 g/mol. The first-order valence-corrected chi connectivity index (χ1v) is 8.95. The zero-order valence-corrected chi connectivity index (χ0v) is 14.8. The van der Waals surface area contributed by atoms with Crippen LogP contribution in [-0.4, -0.2) is 45.8 Å². The molecule has 1 unspecified atom stereocenters. The highest BCUT2D eigenvalue weighted by Gasteiger charge is 2.26. The second-order valence-corrected chi connectivity index (χ2v) is 6.81.